The second-order valence-electron chi connectivity index (χ2n) is 5.50. The Morgan fingerprint density at radius 3 is 2.74 bits per heavy atom. The third-order valence-electron chi connectivity index (χ3n) is 3.30. The van der Waals surface area contributed by atoms with Crippen molar-refractivity contribution >= 4 is 11.8 Å². The lowest BCUT2D eigenvalue weighted by Gasteiger charge is -2.35. The smallest absolute Gasteiger partial charge is 0.245 e. The molecule has 1 saturated carbocycles. The summed E-state index contributed by atoms with van der Waals surface area (Å²) < 4.78 is 5.33. The lowest BCUT2D eigenvalue weighted by Crippen LogP contribution is -2.58. The second-order valence-corrected chi connectivity index (χ2v) is 5.50. The molecule has 1 aliphatic heterocycles. The van der Waals surface area contributed by atoms with Crippen LogP contribution in [0.3, 0.4) is 0 Å². The van der Waals surface area contributed by atoms with Crippen LogP contribution in [0.2, 0.25) is 0 Å². The predicted octanol–water partition coefficient (Wildman–Crippen LogP) is -0.510. The quantitative estimate of drug-likeness (QED) is 0.705. The molecule has 1 saturated heterocycles. The van der Waals surface area contributed by atoms with E-state index in [1.807, 2.05) is 13.8 Å². The molecule has 0 bridgehead atoms. The standard InChI is InChI=1S/C13H23N3O3/c1-9(2)15-13(18)11-8-19-6-5-16(11)12(17)7-14-10-3-4-10/h9-11,14H,3-8H2,1-2H3,(H,15,18). The highest BCUT2D eigenvalue weighted by Gasteiger charge is 2.33. The van der Waals surface area contributed by atoms with Gasteiger partial charge in [-0.3, -0.25) is 9.59 Å². The van der Waals surface area contributed by atoms with E-state index in [-0.39, 0.29) is 24.5 Å². The zero-order valence-electron chi connectivity index (χ0n) is 11.6. The third kappa shape index (κ3) is 4.18. The number of amides is 2. The van der Waals surface area contributed by atoms with Gasteiger partial charge in [0, 0.05) is 18.6 Å². The molecular formula is C13H23N3O3. The molecule has 1 heterocycles. The molecule has 2 aliphatic rings. The summed E-state index contributed by atoms with van der Waals surface area (Å²) >= 11 is 0. The Morgan fingerprint density at radius 1 is 1.37 bits per heavy atom. The summed E-state index contributed by atoms with van der Waals surface area (Å²) in [6.45, 7) is 5.40. The van der Waals surface area contributed by atoms with Crippen LogP contribution in [0.1, 0.15) is 26.7 Å². The molecule has 0 aromatic rings. The van der Waals surface area contributed by atoms with E-state index in [1.54, 1.807) is 4.90 Å². The summed E-state index contributed by atoms with van der Waals surface area (Å²) in [5.41, 5.74) is 0. The number of carbonyl (C=O) groups is 2. The van der Waals surface area contributed by atoms with Gasteiger partial charge in [-0.05, 0) is 26.7 Å². The minimum atomic E-state index is -0.496. The largest absolute Gasteiger partial charge is 0.377 e. The predicted molar refractivity (Wildman–Crippen MR) is 70.6 cm³/mol. The number of nitrogens with zero attached hydrogens (tertiary/aromatic N) is 1. The minimum Gasteiger partial charge on any atom is -0.377 e. The molecule has 1 unspecified atom stereocenters. The molecular weight excluding hydrogens is 246 g/mol. The Hall–Kier alpha value is -1.14. The van der Waals surface area contributed by atoms with Crippen LogP contribution in [0.15, 0.2) is 0 Å². The maximum absolute atomic E-state index is 12.2. The molecule has 0 aromatic carbocycles. The van der Waals surface area contributed by atoms with Crippen LogP contribution in [-0.2, 0) is 14.3 Å². The van der Waals surface area contributed by atoms with Gasteiger partial charge in [0.2, 0.25) is 11.8 Å². The summed E-state index contributed by atoms with van der Waals surface area (Å²) in [7, 11) is 0. The molecule has 108 valence electrons. The van der Waals surface area contributed by atoms with Crippen LogP contribution in [0.25, 0.3) is 0 Å². The van der Waals surface area contributed by atoms with Crippen molar-refractivity contribution in [3.05, 3.63) is 0 Å². The first-order valence-electron chi connectivity index (χ1n) is 6.99. The Bertz CT molecular complexity index is 342. The molecule has 1 atom stereocenters. The van der Waals surface area contributed by atoms with Gasteiger partial charge >= 0.3 is 0 Å². The van der Waals surface area contributed by atoms with E-state index in [9.17, 15) is 9.59 Å². The average Bonchev–Trinajstić information content (AvgIpc) is 3.19. The Morgan fingerprint density at radius 2 is 2.11 bits per heavy atom. The van der Waals surface area contributed by atoms with Crippen LogP contribution in [-0.4, -0.2) is 61.1 Å². The molecule has 0 radical (unpaired) electrons. The van der Waals surface area contributed by atoms with E-state index >= 15 is 0 Å². The van der Waals surface area contributed by atoms with Crippen molar-refractivity contribution in [2.24, 2.45) is 0 Å². The maximum atomic E-state index is 12.2. The number of ether oxygens (including phenoxy) is 1. The van der Waals surface area contributed by atoms with E-state index in [0.717, 1.165) is 12.8 Å². The Balaban J connectivity index is 1.89. The first-order valence-corrected chi connectivity index (χ1v) is 6.99. The van der Waals surface area contributed by atoms with Crippen molar-refractivity contribution in [2.75, 3.05) is 26.3 Å². The first kappa shape index (κ1) is 14.3. The fraction of sp³-hybridized carbons (Fsp3) is 0.846. The Kier molecular flexibility index (Phi) is 4.76. The number of carbonyl (C=O) groups excluding carboxylic acids is 2. The maximum Gasteiger partial charge on any atom is 0.245 e. The van der Waals surface area contributed by atoms with Crippen LogP contribution < -0.4 is 10.6 Å². The number of hydrogen-bond donors (Lipinski definition) is 2. The zero-order valence-corrected chi connectivity index (χ0v) is 11.6. The molecule has 0 spiro atoms. The van der Waals surface area contributed by atoms with Crippen molar-refractivity contribution < 1.29 is 14.3 Å². The molecule has 2 fully saturated rings. The summed E-state index contributed by atoms with van der Waals surface area (Å²) in [4.78, 5) is 25.9. The van der Waals surface area contributed by atoms with Crippen molar-refractivity contribution in [1.29, 1.82) is 0 Å². The number of hydrogen-bond acceptors (Lipinski definition) is 4. The number of nitrogens with one attached hydrogen (secondary N) is 2. The zero-order chi connectivity index (χ0) is 13.8. The van der Waals surface area contributed by atoms with Crippen molar-refractivity contribution in [3.8, 4) is 0 Å². The van der Waals surface area contributed by atoms with Crippen LogP contribution in [0.4, 0.5) is 0 Å². The lowest BCUT2D eigenvalue weighted by molar-refractivity contribution is -0.148. The highest BCUT2D eigenvalue weighted by Crippen LogP contribution is 2.18. The van der Waals surface area contributed by atoms with Crippen molar-refractivity contribution in [3.63, 3.8) is 0 Å². The van der Waals surface area contributed by atoms with Gasteiger partial charge in [0.25, 0.3) is 0 Å². The summed E-state index contributed by atoms with van der Waals surface area (Å²) in [6, 6.07) is 0.0635. The van der Waals surface area contributed by atoms with Gasteiger partial charge in [-0.15, -0.1) is 0 Å². The molecule has 1 aliphatic carbocycles. The first-order chi connectivity index (χ1) is 9.08. The van der Waals surface area contributed by atoms with Gasteiger partial charge in [-0.25, -0.2) is 0 Å². The van der Waals surface area contributed by atoms with Gasteiger partial charge in [-0.1, -0.05) is 0 Å². The summed E-state index contributed by atoms with van der Waals surface area (Å²) in [6.07, 6.45) is 2.29. The van der Waals surface area contributed by atoms with Gasteiger partial charge < -0.3 is 20.3 Å². The molecule has 0 aromatic heterocycles. The molecule has 6 heteroatoms. The van der Waals surface area contributed by atoms with Gasteiger partial charge in [0.15, 0.2) is 0 Å². The van der Waals surface area contributed by atoms with Gasteiger partial charge in [0.1, 0.15) is 6.04 Å². The Labute approximate surface area is 113 Å². The van der Waals surface area contributed by atoms with E-state index in [0.29, 0.717) is 25.7 Å². The lowest BCUT2D eigenvalue weighted by atomic mass is 10.2. The fourth-order valence-electron chi connectivity index (χ4n) is 2.12. The SMILES string of the molecule is CC(C)NC(=O)C1COCCN1C(=O)CNC1CC1. The summed E-state index contributed by atoms with van der Waals surface area (Å²) in [5.74, 6) is -0.145. The van der Waals surface area contributed by atoms with Gasteiger partial charge in [0.05, 0.1) is 19.8 Å². The number of morpholine rings is 1. The van der Waals surface area contributed by atoms with Crippen molar-refractivity contribution in [1.82, 2.24) is 15.5 Å². The van der Waals surface area contributed by atoms with Crippen LogP contribution >= 0.6 is 0 Å². The monoisotopic (exact) mass is 269 g/mol. The average molecular weight is 269 g/mol. The van der Waals surface area contributed by atoms with Gasteiger partial charge in [-0.2, -0.15) is 0 Å². The van der Waals surface area contributed by atoms with E-state index in [2.05, 4.69) is 10.6 Å². The van der Waals surface area contributed by atoms with E-state index < -0.39 is 6.04 Å². The summed E-state index contributed by atoms with van der Waals surface area (Å²) in [5, 5.41) is 6.03. The third-order valence-corrected chi connectivity index (χ3v) is 3.30. The molecule has 2 rings (SSSR count). The second kappa shape index (κ2) is 6.34. The number of rotatable bonds is 5. The minimum absolute atomic E-state index is 0.0147. The highest BCUT2D eigenvalue weighted by molar-refractivity contribution is 5.88. The van der Waals surface area contributed by atoms with Crippen molar-refractivity contribution in [2.45, 2.75) is 44.8 Å². The normalized spacial score (nSPS) is 23.5. The van der Waals surface area contributed by atoms with Crippen LogP contribution in [0.5, 0.6) is 0 Å². The molecule has 2 amide bonds. The molecule has 2 N–H and O–H groups in total. The van der Waals surface area contributed by atoms with E-state index in [4.69, 9.17) is 4.74 Å². The van der Waals surface area contributed by atoms with Crippen LogP contribution in [0, 0.1) is 0 Å². The highest BCUT2D eigenvalue weighted by atomic mass is 16.5. The topological polar surface area (TPSA) is 70.7 Å². The molecule has 6 nitrogen and oxygen atoms in total. The fourth-order valence-corrected chi connectivity index (χ4v) is 2.12. The molecule has 19 heavy (non-hydrogen) atoms. The van der Waals surface area contributed by atoms with E-state index in [1.165, 1.54) is 0 Å².